The van der Waals surface area contributed by atoms with Gasteiger partial charge < -0.3 is 10.6 Å². The molecule has 0 saturated carbocycles. The van der Waals surface area contributed by atoms with Crippen molar-refractivity contribution in [2.75, 3.05) is 10.6 Å². The molecule has 3 rings (SSSR count). The van der Waals surface area contributed by atoms with Gasteiger partial charge in [0.15, 0.2) is 0 Å². The average Bonchev–Trinajstić information content (AvgIpc) is 2.59. The number of nitrogens with zero attached hydrogens (tertiary/aromatic N) is 2. The van der Waals surface area contributed by atoms with Crippen LogP contribution in [0.15, 0.2) is 54.6 Å². The van der Waals surface area contributed by atoms with Gasteiger partial charge in [0.05, 0.1) is 0 Å². The lowest BCUT2D eigenvalue weighted by Crippen LogP contribution is -2.15. The molecule has 0 saturated heterocycles. The van der Waals surface area contributed by atoms with Gasteiger partial charge in [0.1, 0.15) is 5.69 Å². The second-order valence-electron chi connectivity index (χ2n) is 5.91. The lowest BCUT2D eigenvalue weighted by Gasteiger charge is -2.12. The van der Waals surface area contributed by atoms with Gasteiger partial charge in [-0.3, -0.25) is 4.79 Å². The van der Waals surface area contributed by atoms with E-state index in [4.69, 9.17) is 0 Å². The first kappa shape index (κ1) is 16.6. The van der Waals surface area contributed by atoms with Crippen molar-refractivity contribution in [3.05, 3.63) is 77.1 Å². The van der Waals surface area contributed by atoms with Crippen LogP contribution in [0.3, 0.4) is 0 Å². The normalized spacial score (nSPS) is 10.4. The van der Waals surface area contributed by atoms with E-state index < -0.39 is 0 Å². The van der Waals surface area contributed by atoms with Gasteiger partial charge in [-0.2, -0.15) is 0 Å². The summed E-state index contributed by atoms with van der Waals surface area (Å²) < 4.78 is 0. The Morgan fingerprint density at radius 2 is 1.68 bits per heavy atom. The van der Waals surface area contributed by atoms with Crippen LogP contribution in [0.2, 0.25) is 0 Å². The third kappa shape index (κ3) is 4.01. The largest absolute Gasteiger partial charge is 0.324 e. The van der Waals surface area contributed by atoms with Crippen LogP contribution in [0, 0.1) is 20.8 Å². The third-order valence-electron chi connectivity index (χ3n) is 3.97. The summed E-state index contributed by atoms with van der Waals surface area (Å²) in [6.07, 6.45) is 0. The first-order valence-corrected chi connectivity index (χ1v) is 8.08. The number of hydrogen-bond acceptors (Lipinski definition) is 4. The van der Waals surface area contributed by atoms with Gasteiger partial charge >= 0.3 is 0 Å². The molecule has 1 amide bonds. The molecule has 0 aliphatic heterocycles. The van der Waals surface area contributed by atoms with Gasteiger partial charge in [-0.25, -0.2) is 9.97 Å². The Morgan fingerprint density at radius 1 is 0.920 bits per heavy atom. The number of aromatic nitrogens is 2. The summed E-state index contributed by atoms with van der Waals surface area (Å²) in [5.74, 6) is 0.146. The first-order valence-electron chi connectivity index (χ1n) is 8.08. The maximum Gasteiger partial charge on any atom is 0.274 e. The topological polar surface area (TPSA) is 66.9 Å². The monoisotopic (exact) mass is 332 g/mol. The minimum absolute atomic E-state index is 0.263. The number of hydrogen-bond donors (Lipinski definition) is 2. The van der Waals surface area contributed by atoms with Gasteiger partial charge in [-0.05, 0) is 56.2 Å². The predicted octanol–water partition coefficient (Wildman–Crippen LogP) is 4.40. The SMILES string of the molecule is Cc1cc(C(=O)Nc2ccccc2)nc(Nc2cccc(C)c2C)n1. The van der Waals surface area contributed by atoms with Crippen LogP contribution in [0.25, 0.3) is 0 Å². The van der Waals surface area contributed by atoms with E-state index in [0.29, 0.717) is 11.6 Å². The minimum atomic E-state index is -0.263. The van der Waals surface area contributed by atoms with Crippen molar-refractivity contribution in [1.82, 2.24) is 9.97 Å². The lowest BCUT2D eigenvalue weighted by molar-refractivity contribution is 0.102. The zero-order chi connectivity index (χ0) is 17.8. The fourth-order valence-corrected chi connectivity index (χ4v) is 2.46. The summed E-state index contributed by atoms with van der Waals surface area (Å²) in [6.45, 7) is 5.93. The fourth-order valence-electron chi connectivity index (χ4n) is 2.46. The van der Waals surface area contributed by atoms with E-state index in [2.05, 4.69) is 33.6 Å². The van der Waals surface area contributed by atoms with E-state index in [9.17, 15) is 4.79 Å². The number of rotatable bonds is 4. The number of anilines is 3. The van der Waals surface area contributed by atoms with Gasteiger partial charge in [-0.1, -0.05) is 30.3 Å². The van der Waals surface area contributed by atoms with E-state index in [1.807, 2.05) is 56.3 Å². The highest BCUT2D eigenvalue weighted by Crippen LogP contribution is 2.21. The third-order valence-corrected chi connectivity index (χ3v) is 3.97. The molecule has 0 fully saturated rings. The van der Waals surface area contributed by atoms with Crippen LogP contribution >= 0.6 is 0 Å². The molecule has 0 spiro atoms. The summed E-state index contributed by atoms with van der Waals surface area (Å²) in [5, 5.41) is 6.05. The van der Waals surface area contributed by atoms with Crippen LogP contribution in [0.1, 0.15) is 27.3 Å². The van der Waals surface area contributed by atoms with Crippen molar-refractivity contribution in [1.29, 1.82) is 0 Å². The lowest BCUT2D eigenvalue weighted by atomic mass is 10.1. The summed E-state index contributed by atoms with van der Waals surface area (Å²) in [5.41, 5.74) is 5.01. The molecule has 0 atom stereocenters. The van der Waals surface area contributed by atoms with Crippen LogP contribution in [-0.2, 0) is 0 Å². The number of nitrogens with one attached hydrogen (secondary N) is 2. The molecule has 3 aromatic rings. The number of aryl methyl sites for hydroxylation is 2. The van der Waals surface area contributed by atoms with E-state index in [-0.39, 0.29) is 5.91 Å². The van der Waals surface area contributed by atoms with Gasteiger partial charge in [-0.15, -0.1) is 0 Å². The van der Waals surface area contributed by atoms with Crippen molar-refractivity contribution in [2.24, 2.45) is 0 Å². The minimum Gasteiger partial charge on any atom is -0.324 e. The second-order valence-corrected chi connectivity index (χ2v) is 5.91. The van der Waals surface area contributed by atoms with Crippen LogP contribution < -0.4 is 10.6 Å². The highest BCUT2D eigenvalue weighted by Gasteiger charge is 2.12. The maximum atomic E-state index is 12.5. The molecule has 0 bridgehead atoms. The molecule has 1 aromatic heterocycles. The van der Waals surface area contributed by atoms with E-state index in [1.165, 1.54) is 5.56 Å². The molecule has 0 aliphatic carbocycles. The van der Waals surface area contributed by atoms with E-state index >= 15 is 0 Å². The second kappa shape index (κ2) is 7.13. The van der Waals surface area contributed by atoms with Crippen molar-refractivity contribution < 1.29 is 4.79 Å². The molecular weight excluding hydrogens is 312 g/mol. The van der Waals surface area contributed by atoms with Gasteiger partial charge in [0.2, 0.25) is 5.95 Å². The van der Waals surface area contributed by atoms with Crippen LogP contribution in [0.5, 0.6) is 0 Å². The summed E-state index contributed by atoms with van der Waals surface area (Å²) in [7, 11) is 0. The molecule has 5 heteroatoms. The van der Waals surface area contributed by atoms with Gasteiger partial charge in [0, 0.05) is 17.1 Å². The maximum absolute atomic E-state index is 12.5. The molecule has 0 aliphatic rings. The fraction of sp³-hybridized carbons (Fsp3) is 0.150. The van der Waals surface area contributed by atoms with Crippen molar-refractivity contribution >= 4 is 23.2 Å². The standard InChI is InChI=1S/C20H20N4O/c1-13-8-7-11-17(15(13)3)23-20-21-14(2)12-18(24-20)19(25)22-16-9-5-4-6-10-16/h4-12H,1-3H3,(H,22,25)(H,21,23,24). The van der Waals surface area contributed by atoms with Crippen molar-refractivity contribution in [3.8, 4) is 0 Å². The molecule has 5 nitrogen and oxygen atoms in total. The van der Waals surface area contributed by atoms with Crippen molar-refractivity contribution in [2.45, 2.75) is 20.8 Å². The summed E-state index contributed by atoms with van der Waals surface area (Å²) in [6, 6.07) is 17.0. The molecule has 0 radical (unpaired) electrons. The Bertz CT molecular complexity index is 907. The Balaban J connectivity index is 1.85. The number of amides is 1. The smallest absolute Gasteiger partial charge is 0.274 e. The first-order chi connectivity index (χ1) is 12.0. The molecule has 1 heterocycles. The molecular formula is C20H20N4O. The molecule has 126 valence electrons. The Morgan fingerprint density at radius 3 is 2.44 bits per heavy atom. The summed E-state index contributed by atoms with van der Waals surface area (Å²) in [4.78, 5) is 21.2. The zero-order valence-electron chi connectivity index (χ0n) is 14.5. The van der Waals surface area contributed by atoms with Crippen LogP contribution in [-0.4, -0.2) is 15.9 Å². The Hall–Kier alpha value is -3.21. The summed E-state index contributed by atoms with van der Waals surface area (Å²) >= 11 is 0. The Kier molecular flexibility index (Phi) is 4.75. The highest BCUT2D eigenvalue weighted by atomic mass is 16.1. The zero-order valence-corrected chi connectivity index (χ0v) is 14.5. The number of benzene rings is 2. The molecule has 2 aromatic carbocycles. The predicted molar refractivity (Wildman–Crippen MR) is 100 cm³/mol. The molecule has 0 unspecified atom stereocenters. The van der Waals surface area contributed by atoms with Crippen LogP contribution in [0.4, 0.5) is 17.3 Å². The Labute approximate surface area is 147 Å². The molecule has 25 heavy (non-hydrogen) atoms. The number of carbonyl (C=O) groups is 1. The quantitative estimate of drug-likeness (QED) is 0.743. The average molecular weight is 332 g/mol. The number of para-hydroxylation sites is 1. The van der Waals surface area contributed by atoms with Gasteiger partial charge in [0.25, 0.3) is 5.91 Å². The van der Waals surface area contributed by atoms with E-state index in [0.717, 1.165) is 22.6 Å². The molecule has 2 N–H and O–H groups in total. The highest BCUT2D eigenvalue weighted by molar-refractivity contribution is 6.03. The van der Waals surface area contributed by atoms with Crippen molar-refractivity contribution in [3.63, 3.8) is 0 Å². The van der Waals surface area contributed by atoms with E-state index in [1.54, 1.807) is 6.07 Å². The number of carbonyl (C=O) groups excluding carboxylic acids is 1.